The van der Waals surface area contributed by atoms with E-state index in [0.717, 1.165) is 25.3 Å². The van der Waals surface area contributed by atoms with Crippen LogP contribution in [-0.2, 0) is 11.3 Å². The highest BCUT2D eigenvalue weighted by atomic mass is 16.5. The van der Waals surface area contributed by atoms with E-state index in [1.807, 2.05) is 25.1 Å². The van der Waals surface area contributed by atoms with Crippen LogP contribution in [-0.4, -0.2) is 26.4 Å². The van der Waals surface area contributed by atoms with Crippen LogP contribution in [0.2, 0.25) is 0 Å². The van der Waals surface area contributed by atoms with Gasteiger partial charge in [0, 0.05) is 31.9 Å². The maximum Gasteiger partial charge on any atom is 0.123 e. The molecule has 0 radical (unpaired) electrons. The summed E-state index contributed by atoms with van der Waals surface area (Å²) in [6, 6.07) is 8.61. The number of benzene rings is 1. The molecule has 0 aliphatic rings. The summed E-state index contributed by atoms with van der Waals surface area (Å²) in [5.74, 6) is 0.974. The lowest BCUT2D eigenvalue weighted by Gasteiger charge is -2.15. The third-order valence-corrected chi connectivity index (χ3v) is 2.67. The summed E-state index contributed by atoms with van der Waals surface area (Å²) in [7, 11) is 1.73. The first-order valence-corrected chi connectivity index (χ1v) is 6.21. The van der Waals surface area contributed by atoms with Gasteiger partial charge < -0.3 is 14.8 Å². The van der Waals surface area contributed by atoms with Crippen LogP contribution < -0.4 is 10.1 Å². The maximum absolute atomic E-state index is 5.59. The fourth-order valence-corrected chi connectivity index (χ4v) is 1.63. The maximum atomic E-state index is 5.59. The summed E-state index contributed by atoms with van der Waals surface area (Å²) < 4.78 is 10.6. The van der Waals surface area contributed by atoms with Gasteiger partial charge in [-0.05, 0) is 26.3 Å². The average molecular weight is 237 g/mol. The molecule has 1 N–H and O–H groups in total. The van der Waals surface area contributed by atoms with E-state index < -0.39 is 0 Å². The minimum absolute atomic E-state index is 0.449. The molecule has 3 nitrogen and oxygen atoms in total. The third-order valence-electron chi connectivity index (χ3n) is 2.67. The topological polar surface area (TPSA) is 30.5 Å². The first kappa shape index (κ1) is 14.0. The normalized spacial score (nSPS) is 12.4. The monoisotopic (exact) mass is 237 g/mol. The zero-order valence-electron chi connectivity index (χ0n) is 11.0. The summed E-state index contributed by atoms with van der Waals surface area (Å²) in [6.07, 6.45) is 1.02. The third kappa shape index (κ3) is 5.20. The van der Waals surface area contributed by atoms with Crippen molar-refractivity contribution in [3.8, 4) is 5.75 Å². The second-order valence-corrected chi connectivity index (χ2v) is 4.10. The number of nitrogens with one attached hydrogen (secondary N) is 1. The van der Waals surface area contributed by atoms with E-state index in [9.17, 15) is 0 Å². The minimum Gasteiger partial charge on any atom is -0.494 e. The van der Waals surface area contributed by atoms with E-state index in [2.05, 4.69) is 18.3 Å². The quantitative estimate of drug-likeness (QED) is 0.754. The van der Waals surface area contributed by atoms with Crippen LogP contribution in [0.1, 0.15) is 25.8 Å². The van der Waals surface area contributed by atoms with Crippen molar-refractivity contribution in [3.63, 3.8) is 0 Å². The summed E-state index contributed by atoms with van der Waals surface area (Å²) >= 11 is 0. The van der Waals surface area contributed by atoms with E-state index in [0.29, 0.717) is 12.6 Å². The van der Waals surface area contributed by atoms with Gasteiger partial charge in [0.1, 0.15) is 5.75 Å². The van der Waals surface area contributed by atoms with Crippen molar-refractivity contribution in [1.82, 2.24) is 5.32 Å². The van der Waals surface area contributed by atoms with Gasteiger partial charge in [0.2, 0.25) is 0 Å². The number of rotatable bonds is 8. The second kappa shape index (κ2) is 8.09. The van der Waals surface area contributed by atoms with Gasteiger partial charge in [0.25, 0.3) is 0 Å². The molecule has 0 saturated heterocycles. The van der Waals surface area contributed by atoms with E-state index in [1.165, 1.54) is 5.56 Å². The molecule has 1 aromatic carbocycles. The van der Waals surface area contributed by atoms with Gasteiger partial charge in [-0.25, -0.2) is 0 Å². The van der Waals surface area contributed by atoms with Crippen LogP contribution in [0.3, 0.4) is 0 Å². The van der Waals surface area contributed by atoms with Crippen LogP contribution in [0, 0.1) is 0 Å². The Morgan fingerprint density at radius 1 is 1.29 bits per heavy atom. The molecule has 96 valence electrons. The summed E-state index contributed by atoms with van der Waals surface area (Å²) in [5, 5.41) is 3.47. The fourth-order valence-electron chi connectivity index (χ4n) is 1.63. The van der Waals surface area contributed by atoms with Crippen LogP contribution in [0.25, 0.3) is 0 Å². The summed E-state index contributed by atoms with van der Waals surface area (Å²) in [6.45, 7) is 6.51. The molecule has 1 atom stereocenters. The van der Waals surface area contributed by atoms with Crippen molar-refractivity contribution in [2.75, 3.05) is 20.3 Å². The van der Waals surface area contributed by atoms with Gasteiger partial charge in [-0.3, -0.25) is 0 Å². The number of hydrogen-bond acceptors (Lipinski definition) is 3. The lowest BCUT2D eigenvalue weighted by molar-refractivity contribution is 0.184. The average Bonchev–Trinajstić information content (AvgIpc) is 2.35. The molecule has 0 spiro atoms. The molecule has 0 heterocycles. The van der Waals surface area contributed by atoms with Gasteiger partial charge >= 0.3 is 0 Å². The Hall–Kier alpha value is -1.06. The summed E-state index contributed by atoms with van der Waals surface area (Å²) in [5.41, 5.74) is 1.21. The Morgan fingerprint density at radius 3 is 2.76 bits per heavy atom. The predicted molar refractivity (Wildman–Crippen MR) is 70.4 cm³/mol. The molecule has 0 amide bonds. The first-order chi connectivity index (χ1) is 8.27. The first-order valence-electron chi connectivity index (χ1n) is 6.21. The van der Waals surface area contributed by atoms with Crippen molar-refractivity contribution in [2.45, 2.75) is 32.9 Å². The smallest absolute Gasteiger partial charge is 0.123 e. The standard InChI is InChI=1S/C14H23NO2/c1-4-17-14-8-6-5-7-13(14)11-15-12(2)9-10-16-3/h5-8,12,15H,4,9-11H2,1-3H3. The van der Waals surface area contributed by atoms with Crippen molar-refractivity contribution < 1.29 is 9.47 Å². The Bertz CT molecular complexity index is 315. The zero-order valence-corrected chi connectivity index (χ0v) is 11.0. The van der Waals surface area contributed by atoms with Crippen LogP contribution in [0.5, 0.6) is 5.75 Å². The molecule has 0 aliphatic heterocycles. The summed E-state index contributed by atoms with van der Waals surface area (Å²) in [4.78, 5) is 0. The highest BCUT2D eigenvalue weighted by molar-refractivity contribution is 5.33. The highest BCUT2D eigenvalue weighted by Crippen LogP contribution is 2.17. The van der Waals surface area contributed by atoms with Crippen molar-refractivity contribution in [1.29, 1.82) is 0 Å². The van der Waals surface area contributed by atoms with Gasteiger partial charge in [-0.2, -0.15) is 0 Å². The molecule has 17 heavy (non-hydrogen) atoms. The lowest BCUT2D eigenvalue weighted by Crippen LogP contribution is -2.26. The molecule has 0 saturated carbocycles. The molecular formula is C14H23NO2. The molecule has 1 rings (SSSR count). The minimum atomic E-state index is 0.449. The molecule has 0 aliphatic carbocycles. The van der Waals surface area contributed by atoms with Crippen LogP contribution >= 0.6 is 0 Å². The zero-order chi connectivity index (χ0) is 12.5. The van der Waals surface area contributed by atoms with E-state index >= 15 is 0 Å². The largest absolute Gasteiger partial charge is 0.494 e. The van der Waals surface area contributed by atoms with Crippen LogP contribution in [0.15, 0.2) is 24.3 Å². The van der Waals surface area contributed by atoms with Crippen molar-refractivity contribution in [3.05, 3.63) is 29.8 Å². The van der Waals surface area contributed by atoms with Gasteiger partial charge in [-0.15, -0.1) is 0 Å². The predicted octanol–water partition coefficient (Wildman–Crippen LogP) is 2.60. The Labute approximate surface area is 104 Å². The Kier molecular flexibility index (Phi) is 6.67. The molecule has 0 fully saturated rings. The van der Waals surface area contributed by atoms with Gasteiger partial charge in [-0.1, -0.05) is 18.2 Å². The number of methoxy groups -OCH3 is 1. The van der Waals surface area contributed by atoms with E-state index in [-0.39, 0.29) is 0 Å². The number of ether oxygens (including phenoxy) is 2. The molecule has 3 heteroatoms. The van der Waals surface area contributed by atoms with Crippen molar-refractivity contribution >= 4 is 0 Å². The molecule has 0 bridgehead atoms. The SMILES string of the molecule is CCOc1ccccc1CNC(C)CCOC. The number of para-hydroxylation sites is 1. The molecule has 1 aromatic rings. The van der Waals surface area contributed by atoms with Gasteiger partial charge in [0.15, 0.2) is 0 Å². The van der Waals surface area contributed by atoms with E-state index in [1.54, 1.807) is 7.11 Å². The Balaban J connectivity index is 2.44. The van der Waals surface area contributed by atoms with E-state index in [4.69, 9.17) is 9.47 Å². The molecule has 0 aromatic heterocycles. The molecule has 1 unspecified atom stereocenters. The second-order valence-electron chi connectivity index (χ2n) is 4.10. The number of hydrogen-bond donors (Lipinski definition) is 1. The fraction of sp³-hybridized carbons (Fsp3) is 0.571. The van der Waals surface area contributed by atoms with Crippen molar-refractivity contribution in [2.24, 2.45) is 0 Å². The lowest BCUT2D eigenvalue weighted by atomic mass is 10.1. The highest BCUT2D eigenvalue weighted by Gasteiger charge is 2.05. The molecular weight excluding hydrogens is 214 g/mol. The Morgan fingerprint density at radius 2 is 2.06 bits per heavy atom. The van der Waals surface area contributed by atoms with Crippen LogP contribution in [0.4, 0.5) is 0 Å². The van der Waals surface area contributed by atoms with Gasteiger partial charge in [0.05, 0.1) is 6.61 Å².